The summed E-state index contributed by atoms with van der Waals surface area (Å²) in [5, 5.41) is 4.94. The highest BCUT2D eigenvalue weighted by Crippen LogP contribution is 2.37. The van der Waals surface area contributed by atoms with Crippen molar-refractivity contribution in [3.8, 4) is 5.75 Å². The SMILES string of the molecule is CC(=O)N[C@@H](c1ccccc1)c1c(OC(=O)c2ccccc2)ccc2ccccc12. The molecule has 0 fully saturated rings. The summed E-state index contributed by atoms with van der Waals surface area (Å²) in [6.07, 6.45) is 0. The second kappa shape index (κ2) is 8.62. The van der Waals surface area contributed by atoms with Gasteiger partial charge in [0, 0.05) is 12.5 Å². The highest BCUT2D eigenvalue weighted by molar-refractivity contribution is 5.94. The van der Waals surface area contributed by atoms with Crippen molar-refractivity contribution in [3.05, 3.63) is 114 Å². The third-order valence-electron chi connectivity index (χ3n) is 4.91. The second-order valence-corrected chi connectivity index (χ2v) is 7.00. The Morgan fingerprint density at radius 2 is 1.40 bits per heavy atom. The van der Waals surface area contributed by atoms with Gasteiger partial charge < -0.3 is 10.1 Å². The van der Waals surface area contributed by atoms with Gasteiger partial charge in [0.15, 0.2) is 0 Å². The van der Waals surface area contributed by atoms with E-state index in [1.807, 2.05) is 66.7 Å². The first-order chi connectivity index (χ1) is 14.6. The summed E-state index contributed by atoms with van der Waals surface area (Å²) in [5.74, 6) is -0.191. The van der Waals surface area contributed by atoms with Crippen molar-refractivity contribution in [2.45, 2.75) is 13.0 Å². The molecule has 1 amide bonds. The minimum atomic E-state index is -0.464. The van der Waals surface area contributed by atoms with Crippen LogP contribution in [0, 0.1) is 0 Å². The van der Waals surface area contributed by atoms with Gasteiger partial charge in [0.2, 0.25) is 5.91 Å². The lowest BCUT2D eigenvalue weighted by Crippen LogP contribution is -2.28. The molecule has 0 radical (unpaired) electrons. The Morgan fingerprint density at radius 3 is 2.10 bits per heavy atom. The third-order valence-corrected chi connectivity index (χ3v) is 4.91. The highest BCUT2D eigenvalue weighted by atomic mass is 16.5. The van der Waals surface area contributed by atoms with Crippen molar-refractivity contribution in [1.82, 2.24) is 5.32 Å². The quantitative estimate of drug-likeness (QED) is 0.369. The molecule has 4 aromatic rings. The van der Waals surface area contributed by atoms with E-state index in [0.29, 0.717) is 11.3 Å². The first kappa shape index (κ1) is 19.4. The van der Waals surface area contributed by atoms with Crippen molar-refractivity contribution in [2.24, 2.45) is 0 Å². The number of hydrogen-bond donors (Lipinski definition) is 1. The second-order valence-electron chi connectivity index (χ2n) is 7.00. The van der Waals surface area contributed by atoms with Crippen molar-refractivity contribution in [1.29, 1.82) is 0 Å². The number of carbonyl (C=O) groups is 2. The van der Waals surface area contributed by atoms with Crippen LogP contribution >= 0.6 is 0 Å². The van der Waals surface area contributed by atoms with Gasteiger partial charge in [0.25, 0.3) is 0 Å². The van der Waals surface area contributed by atoms with E-state index in [1.54, 1.807) is 30.3 Å². The molecule has 1 N–H and O–H groups in total. The van der Waals surface area contributed by atoms with Crippen LogP contribution in [0.4, 0.5) is 0 Å². The maximum absolute atomic E-state index is 12.8. The molecule has 0 saturated heterocycles. The van der Waals surface area contributed by atoms with Gasteiger partial charge in [0.05, 0.1) is 11.6 Å². The van der Waals surface area contributed by atoms with Gasteiger partial charge in [-0.1, -0.05) is 78.9 Å². The molecule has 4 heteroatoms. The van der Waals surface area contributed by atoms with Gasteiger partial charge >= 0.3 is 5.97 Å². The van der Waals surface area contributed by atoms with Gasteiger partial charge in [-0.25, -0.2) is 4.79 Å². The Morgan fingerprint density at radius 1 is 0.767 bits per heavy atom. The number of nitrogens with one attached hydrogen (secondary N) is 1. The van der Waals surface area contributed by atoms with Crippen molar-refractivity contribution in [3.63, 3.8) is 0 Å². The van der Waals surface area contributed by atoms with Crippen LogP contribution in [0.1, 0.15) is 34.5 Å². The molecule has 0 aliphatic carbocycles. The number of benzene rings is 4. The van der Waals surface area contributed by atoms with Gasteiger partial charge in [-0.3, -0.25) is 4.79 Å². The molecule has 148 valence electrons. The average Bonchev–Trinajstić information content (AvgIpc) is 2.78. The molecule has 0 bridgehead atoms. The molecule has 4 nitrogen and oxygen atoms in total. The molecule has 0 unspecified atom stereocenters. The predicted molar refractivity (Wildman–Crippen MR) is 117 cm³/mol. The van der Waals surface area contributed by atoms with Crippen LogP contribution < -0.4 is 10.1 Å². The highest BCUT2D eigenvalue weighted by Gasteiger charge is 2.24. The van der Waals surface area contributed by atoms with Gasteiger partial charge in [0.1, 0.15) is 5.75 Å². The average molecular weight is 395 g/mol. The van der Waals surface area contributed by atoms with Crippen molar-refractivity contribution in [2.75, 3.05) is 0 Å². The largest absolute Gasteiger partial charge is 0.423 e. The van der Waals surface area contributed by atoms with Crippen molar-refractivity contribution >= 4 is 22.6 Å². The summed E-state index contributed by atoms with van der Waals surface area (Å²) >= 11 is 0. The maximum Gasteiger partial charge on any atom is 0.343 e. The lowest BCUT2D eigenvalue weighted by molar-refractivity contribution is -0.119. The van der Waals surface area contributed by atoms with Crippen LogP contribution in [0.15, 0.2) is 97.1 Å². The molecular formula is C26H21NO3. The molecule has 30 heavy (non-hydrogen) atoms. The number of carbonyl (C=O) groups excluding carboxylic acids is 2. The van der Waals surface area contributed by atoms with Crippen LogP contribution in [0.25, 0.3) is 10.8 Å². The molecule has 0 saturated carbocycles. The van der Waals surface area contributed by atoms with Crippen LogP contribution in [0.3, 0.4) is 0 Å². The number of esters is 1. The molecule has 0 aromatic heterocycles. The zero-order chi connectivity index (χ0) is 20.9. The Labute approximate surface area is 175 Å². The number of hydrogen-bond acceptors (Lipinski definition) is 3. The van der Waals surface area contributed by atoms with E-state index in [-0.39, 0.29) is 5.91 Å². The monoisotopic (exact) mass is 395 g/mol. The fraction of sp³-hybridized carbons (Fsp3) is 0.0769. The van der Waals surface area contributed by atoms with E-state index >= 15 is 0 Å². The van der Waals surface area contributed by atoms with E-state index in [2.05, 4.69) is 5.32 Å². The fourth-order valence-corrected chi connectivity index (χ4v) is 3.57. The third kappa shape index (κ3) is 4.08. The zero-order valence-electron chi connectivity index (χ0n) is 16.5. The zero-order valence-corrected chi connectivity index (χ0v) is 16.5. The first-order valence-electron chi connectivity index (χ1n) is 9.74. The summed E-state index contributed by atoms with van der Waals surface area (Å²) in [6, 6.07) is 29.6. The lowest BCUT2D eigenvalue weighted by atomic mass is 9.92. The van der Waals surface area contributed by atoms with Crippen LogP contribution in [-0.4, -0.2) is 11.9 Å². The number of amides is 1. The van der Waals surface area contributed by atoms with E-state index in [4.69, 9.17) is 4.74 Å². The fourth-order valence-electron chi connectivity index (χ4n) is 3.57. The summed E-state index contributed by atoms with van der Waals surface area (Å²) < 4.78 is 5.83. The van der Waals surface area contributed by atoms with Gasteiger partial charge in [-0.2, -0.15) is 0 Å². The smallest absolute Gasteiger partial charge is 0.343 e. The molecule has 4 rings (SSSR count). The molecule has 0 spiro atoms. The Bertz CT molecular complexity index is 1190. The first-order valence-corrected chi connectivity index (χ1v) is 9.74. The lowest BCUT2D eigenvalue weighted by Gasteiger charge is -2.23. The predicted octanol–water partition coefficient (Wildman–Crippen LogP) is 5.28. The van der Waals surface area contributed by atoms with E-state index in [0.717, 1.165) is 21.9 Å². The normalized spacial score (nSPS) is 11.6. The van der Waals surface area contributed by atoms with Crippen LogP contribution in [0.2, 0.25) is 0 Å². The minimum absolute atomic E-state index is 0.169. The number of fused-ring (bicyclic) bond motifs is 1. The van der Waals surface area contributed by atoms with E-state index < -0.39 is 12.0 Å². The standard InChI is InChI=1S/C26H21NO3/c1-18(28)27-25(20-11-4-2-5-12-20)24-22-15-9-8-10-19(22)16-17-23(24)30-26(29)21-13-6-3-7-14-21/h2-17,25H,1H3,(H,27,28)/t25-/m0/s1. The number of ether oxygens (including phenoxy) is 1. The molecule has 0 aliphatic heterocycles. The Hall–Kier alpha value is -3.92. The number of rotatable bonds is 5. The molecule has 0 aliphatic rings. The summed E-state index contributed by atoms with van der Waals surface area (Å²) in [4.78, 5) is 24.8. The summed E-state index contributed by atoms with van der Waals surface area (Å²) in [7, 11) is 0. The molecule has 1 atom stereocenters. The molecule has 0 heterocycles. The van der Waals surface area contributed by atoms with Gasteiger partial charge in [-0.05, 0) is 34.5 Å². The Kier molecular flexibility index (Phi) is 5.57. The van der Waals surface area contributed by atoms with Crippen LogP contribution in [0.5, 0.6) is 5.75 Å². The minimum Gasteiger partial charge on any atom is -0.423 e. The Balaban J connectivity index is 1.88. The molecular weight excluding hydrogens is 374 g/mol. The van der Waals surface area contributed by atoms with Gasteiger partial charge in [-0.15, -0.1) is 0 Å². The van der Waals surface area contributed by atoms with E-state index in [1.165, 1.54) is 6.92 Å². The topological polar surface area (TPSA) is 55.4 Å². The van der Waals surface area contributed by atoms with Crippen LogP contribution in [-0.2, 0) is 4.79 Å². The van der Waals surface area contributed by atoms with E-state index in [9.17, 15) is 9.59 Å². The molecule has 4 aromatic carbocycles. The van der Waals surface area contributed by atoms with Crippen molar-refractivity contribution < 1.29 is 14.3 Å². The summed E-state index contributed by atoms with van der Waals surface area (Å²) in [5.41, 5.74) is 2.12. The summed E-state index contributed by atoms with van der Waals surface area (Å²) in [6.45, 7) is 1.48. The maximum atomic E-state index is 12.8.